The van der Waals surface area contributed by atoms with Crippen LogP contribution in [0.25, 0.3) is 0 Å². The SMILES string of the molecule is C=CN(C)c1cnc(Oc2ccc(NC(=O)OC(C)(C)C)cc2C)cc1C(C)CC. The Morgan fingerprint density at radius 3 is 2.60 bits per heavy atom. The zero-order chi connectivity index (χ0) is 22.5. The van der Waals surface area contributed by atoms with Gasteiger partial charge in [0.15, 0.2) is 0 Å². The average Bonchev–Trinajstić information content (AvgIpc) is 2.67. The molecule has 1 amide bonds. The molecule has 0 saturated heterocycles. The molecular formula is C24H33N3O3. The first kappa shape index (κ1) is 23.3. The van der Waals surface area contributed by atoms with Crippen molar-refractivity contribution in [3.8, 4) is 11.6 Å². The summed E-state index contributed by atoms with van der Waals surface area (Å²) >= 11 is 0. The molecule has 2 aromatic rings. The summed E-state index contributed by atoms with van der Waals surface area (Å²) in [4.78, 5) is 18.4. The molecule has 1 atom stereocenters. The van der Waals surface area contributed by atoms with E-state index in [4.69, 9.17) is 9.47 Å². The van der Waals surface area contributed by atoms with Gasteiger partial charge in [-0.2, -0.15) is 0 Å². The summed E-state index contributed by atoms with van der Waals surface area (Å²) in [6.07, 6.45) is 4.10. The van der Waals surface area contributed by atoms with E-state index in [2.05, 4.69) is 30.7 Å². The van der Waals surface area contributed by atoms with E-state index in [-0.39, 0.29) is 0 Å². The van der Waals surface area contributed by atoms with Gasteiger partial charge in [0.2, 0.25) is 5.88 Å². The fraction of sp³-hybridized carbons (Fsp3) is 0.417. The first-order valence-electron chi connectivity index (χ1n) is 10.2. The van der Waals surface area contributed by atoms with E-state index >= 15 is 0 Å². The summed E-state index contributed by atoms with van der Waals surface area (Å²) in [6.45, 7) is 15.6. The highest BCUT2D eigenvalue weighted by Crippen LogP contribution is 2.33. The highest BCUT2D eigenvalue weighted by Gasteiger charge is 2.17. The van der Waals surface area contributed by atoms with Gasteiger partial charge in [0.1, 0.15) is 11.4 Å². The fourth-order valence-electron chi connectivity index (χ4n) is 2.88. The van der Waals surface area contributed by atoms with E-state index in [0.717, 1.165) is 23.2 Å². The number of aryl methyl sites for hydroxylation is 1. The maximum absolute atomic E-state index is 12.0. The maximum Gasteiger partial charge on any atom is 0.412 e. The number of amides is 1. The van der Waals surface area contributed by atoms with Crippen LogP contribution in [-0.2, 0) is 4.74 Å². The van der Waals surface area contributed by atoms with Crippen molar-refractivity contribution >= 4 is 17.5 Å². The van der Waals surface area contributed by atoms with Crippen LogP contribution in [-0.4, -0.2) is 23.7 Å². The Morgan fingerprint density at radius 2 is 2.03 bits per heavy atom. The molecule has 1 aromatic carbocycles. The Kier molecular flexibility index (Phi) is 7.48. The van der Waals surface area contributed by atoms with Gasteiger partial charge in [0.25, 0.3) is 0 Å². The predicted octanol–water partition coefficient (Wildman–Crippen LogP) is 6.62. The van der Waals surface area contributed by atoms with Crippen molar-refractivity contribution in [2.45, 2.75) is 59.5 Å². The molecule has 1 aromatic heterocycles. The summed E-state index contributed by atoms with van der Waals surface area (Å²) in [5.41, 5.74) is 3.15. The number of benzene rings is 1. The van der Waals surface area contributed by atoms with E-state index in [1.165, 1.54) is 0 Å². The first-order chi connectivity index (χ1) is 14.0. The summed E-state index contributed by atoms with van der Waals surface area (Å²) in [7, 11) is 1.96. The van der Waals surface area contributed by atoms with Crippen LogP contribution in [0.15, 0.2) is 43.2 Å². The topological polar surface area (TPSA) is 63.7 Å². The molecular weight excluding hydrogens is 378 g/mol. The lowest BCUT2D eigenvalue weighted by atomic mass is 9.97. The Morgan fingerprint density at radius 1 is 1.33 bits per heavy atom. The summed E-state index contributed by atoms with van der Waals surface area (Å²) in [5.74, 6) is 1.56. The van der Waals surface area contributed by atoms with Gasteiger partial charge in [0.05, 0.1) is 11.9 Å². The molecule has 0 aliphatic heterocycles. The van der Waals surface area contributed by atoms with Crippen LogP contribution in [0.2, 0.25) is 0 Å². The van der Waals surface area contributed by atoms with Gasteiger partial charge in [0, 0.05) is 18.8 Å². The molecule has 1 heterocycles. The molecule has 6 heteroatoms. The lowest BCUT2D eigenvalue weighted by molar-refractivity contribution is 0.0636. The molecule has 0 saturated carbocycles. The van der Waals surface area contributed by atoms with Crippen molar-refractivity contribution in [2.24, 2.45) is 0 Å². The number of pyridine rings is 1. The van der Waals surface area contributed by atoms with E-state index in [1.807, 2.05) is 64.0 Å². The number of ether oxygens (including phenoxy) is 2. The Labute approximate surface area is 179 Å². The second-order valence-electron chi connectivity index (χ2n) is 8.39. The second-order valence-corrected chi connectivity index (χ2v) is 8.39. The van der Waals surface area contributed by atoms with E-state index in [1.54, 1.807) is 12.3 Å². The highest BCUT2D eigenvalue weighted by atomic mass is 16.6. The van der Waals surface area contributed by atoms with Crippen LogP contribution in [0, 0.1) is 6.92 Å². The lowest BCUT2D eigenvalue weighted by Gasteiger charge is -2.22. The molecule has 0 spiro atoms. The van der Waals surface area contributed by atoms with Gasteiger partial charge in [-0.3, -0.25) is 5.32 Å². The molecule has 162 valence electrons. The number of nitrogens with zero attached hydrogens (tertiary/aromatic N) is 2. The zero-order valence-electron chi connectivity index (χ0n) is 19.1. The largest absolute Gasteiger partial charge is 0.444 e. The third-order valence-corrected chi connectivity index (χ3v) is 4.72. The van der Waals surface area contributed by atoms with E-state index < -0.39 is 11.7 Å². The Hall–Kier alpha value is -3.02. The molecule has 6 nitrogen and oxygen atoms in total. The van der Waals surface area contributed by atoms with Crippen LogP contribution in [0.3, 0.4) is 0 Å². The summed E-state index contributed by atoms with van der Waals surface area (Å²) < 4.78 is 11.3. The van der Waals surface area contributed by atoms with E-state index in [9.17, 15) is 4.79 Å². The smallest absolute Gasteiger partial charge is 0.412 e. The second kappa shape index (κ2) is 9.65. The minimum atomic E-state index is -0.549. The Bertz CT molecular complexity index is 903. The molecule has 0 aliphatic carbocycles. The van der Waals surface area contributed by atoms with Crippen LogP contribution in [0.5, 0.6) is 11.6 Å². The minimum Gasteiger partial charge on any atom is -0.444 e. The standard InChI is InChI=1S/C24H33N3O3/c1-9-16(3)19-14-22(25-15-20(19)27(8)10-2)29-21-12-11-18(13-17(21)4)26-23(28)30-24(5,6)7/h10-16H,2,9H2,1,3-8H3,(H,26,28). The molecule has 0 fully saturated rings. The fourth-order valence-corrected chi connectivity index (χ4v) is 2.88. The van der Waals surface area contributed by atoms with Gasteiger partial charge in [-0.25, -0.2) is 9.78 Å². The van der Waals surface area contributed by atoms with Crippen LogP contribution < -0.4 is 15.0 Å². The number of nitrogens with one attached hydrogen (secondary N) is 1. The van der Waals surface area contributed by atoms with Crippen LogP contribution in [0.4, 0.5) is 16.2 Å². The van der Waals surface area contributed by atoms with Crippen molar-refractivity contribution < 1.29 is 14.3 Å². The molecule has 0 bridgehead atoms. The Balaban J connectivity index is 2.22. The third kappa shape index (κ3) is 6.24. The molecule has 0 radical (unpaired) electrons. The van der Waals surface area contributed by atoms with Crippen molar-refractivity contribution in [3.05, 3.63) is 54.4 Å². The third-order valence-electron chi connectivity index (χ3n) is 4.72. The number of hydrogen-bond donors (Lipinski definition) is 1. The van der Waals surface area contributed by atoms with Crippen molar-refractivity contribution in [2.75, 3.05) is 17.3 Å². The van der Waals surface area contributed by atoms with Gasteiger partial charge < -0.3 is 14.4 Å². The molecule has 1 unspecified atom stereocenters. The van der Waals surface area contributed by atoms with Crippen LogP contribution in [0.1, 0.15) is 58.1 Å². The van der Waals surface area contributed by atoms with Gasteiger partial charge in [-0.15, -0.1) is 0 Å². The summed E-state index contributed by atoms with van der Waals surface area (Å²) in [6, 6.07) is 7.42. The number of hydrogen-bond acceptors (Lipinski definition) is 5. The normalized spacial score (nSPS) is 12.1. The summed E-state index contributed by atoms with van der Waals surface area (Å²) in [5, 5.41) is 2.74. The number of rotatable bonds is 7. The van der Waals surface area contributed by atoms with Gasteiger partial charge in [-0.05, 0) is 75.6 Å². The number of aromatic nitrogens is 1. The minimum absolute atomic E-state index is 0.356. The number of carbonyl (C=O) groups excluding carboxylic acids is 1. The molecule has 2 rings (SSSR count). The van der Waals surface area contributed by atoms with Crippen LogP contribution >= 0.6 is 0 Å². The zero-order valence-corrected chi connectivity index (χ0v) is 19.1. The van der Waals surface area contributed by atoms with Crippen molar-refractivity contribution in [1.82, 2.24) is 4.98 Å². The quantitative estimate of drug-likeness (QED) is 0.554. The number of carbonyl (C=O) groups is 1. The predicted molar refractivity (Wildman–Crippen MR) is 123 cm³/mol. The molecule has 1 N–H and O–H groups in total. The highest BCUT2D eigenvalue weighted by molar-refractivity contribution is 5.85. The molecule has 30 heavy (non-hydrogen) atoms. The average molecular weight is 412 g/mol. The van der Waals surface area contributed by atoms with Gasteiger partial charge >= 0.3 is 6.09 Å². The first-order valence-corrected chi connectivity index (χ1v) is 10.2. The lowest BCUT2D eigenvalue weighted by Crippen LogP contribution is -2.27. The van der Waals surface area contributed by atoms with Crippen molar-refractivity contribution in [3.63, 3.8) is 0 Å². The monoisotopic (exact) mass is 411 g/mol. The van der Waals surface area contributed by atoms with Gasteiger partial charge in [-0.1, -0.05) is 20.4 Å². The van der Waals surface area contributed by atoms with E-state index in [0.29, 0.717) is 23.2 Å². The maximum atomic E-state index is 12.0. The number of anilines is 2. The van der Waals surface area contributed by atoms with Crippen molar-refractivity contribution in [1.29, 1.82) is 0 Å². The molecule has 0 aliphatic rings.